The smallest absolute Gasteiger partial charge is 0.272 e. The topological polar surface area (TPSA) is 76.2 Å². The lowest BCUT2D eigenvalue weighted by atomic mass is 9.99. The lowest BCUT2D eigenvalue weighted by Crippen LogP contribution is -2.29. The number of methoxy groups -OCH3 is 1. The minimum Gasteiger partial charge on any atom is -0.496 e. The molecule has 0 fully saturated rings. The second kappa shape index (κ2) is 7.05. The molecule has 6 nitrogen and oxygen atoms in total. The van der Waals surface area contributed by atoms with E-state index in [0.29, 0.717) is 25.1 Å². The van der Waals surface area contributed by atoms with Gasteiger partial charge in [0.05, 0.1) is 25.0 Å². The monoisotopic (exact) mass is 329 g/mol. The Morgan fingerprint density at radius 3 is 3.00 bits per heavy atom. The summed E-state index contributed by atoms with van der Waals surface area (Å²) in [5.41, 5.74) is 3.42. The van der Waals surface area contributed by atoms with Crippen LogP contribution < -0.4 is 10.1 Å². The van der Waals surface area contributed by atoms with E-state index in [4.69, 9.17) is 9.47 Å². The Morgan fingerprint density at radius 1 is 1.42 bits per heavy atom. The number of aromatic amines is 1. The van der Waals surface area contributed by atoms with Gasteiger partial charge in [-0.15, -0.1) is 0 Å². The first-order valence-corrected chi connectivity index (χ1v) is 8.22. The summed E-state index contributed by atoms with van der Waals surface area (Å²) in [7, 11) is 1.65. The molecule has 24 heavy (non-hydrogen) atoms. The van der Waals surface area contributed by atoms with Gasteiger partial charge in [0.25, 0.3) is 5.91 Å². The number of ether oxygens (including phenoxy) is 2. The van der Waals surface area contributed by atoms with Crippen LogP contribution in [0.3, 0.4) is 0 Å². The van der Waals surface area contributed by atoms with Crippen molar-refractivity contribution in [2.75, 3.05) is 13.7 Å². The largest absolute Gasteiger partial charge is 0.496 e. The van der Waals surface area contributed by atoms with Gasteiger partial charge in [-0.3, -0.25) is 9.89 Å². The fourth-order valence-electron chi connectivity index (χ4n) is 3.17. The average molecular weight is 329 g/mol. The van der Waals surface area contributed by atoms with E-state index in [1.165, 1.54) is 0 Å². The Labute approximate surface area is 141 Å². The van der Waals surface area contributed by atoms with Gasteiger partial charge < -0.3 is 14.8 Å². The van der Waals surface area contributed by atoms with Crippen LogP contribution in [0.1, 0.15) is 47.3 Å². The Hall–Kier alpha value is -2.34. The summed E-state index contributed by atoms with van der Waals surface area (Å²) < 4.78 is 11.1. The van der Waals surface area contributed by atoms with Crippen molar-refractivity contribution in [1.29, 1.82) is 0 Å². The van der Waals surface area contributed by atoms with E-state index in [1.807, 2.05) is 38.1 Å². The molecule has 2 atom stereocenters. The number of para-hydroxylation sites is 1. The first-order valence-electron chi connectivity index (χ1n) is 8.22. The van der Waals surface area contributed by atoms with Gasteiger partial charge in [-0.2, -0.15) is 5.10 Å². The molecule has 0 radical (unpaired) electrons. The highest BCUT2D eigenvalue weighted by Crippen LogP contribution is 2.30. The zero-order valence-electron chi connectivity index (χ0n) is 14.3. The Balaban J connectivity index is 1.64. The van der Waals surface area contributed by atoms with Crippen molar-refractivity contribution in [2.24, 2.45) is 0 Å². The van der Waals surface area contributed by atoms with Crippen molar-refractivity contribution in [3.8, 4) is 5.75 Å². The van der Waals surface area contributed by atoms with E-state index < -0.39 is 0 Å². The fourth-order valence-corrected chi connectivity index (χ4v) is 3.17. The van der Waals surface area contributed by atoms with Crippen molar-refractivity contribution in [2.45, 2.75) is 38.9 Å². The number of fused-ring (bicyclic) bond motifs is 1. The molecule has 0 unspecified atom stereocenters. The van der Waals surface area contributed by atoms with Gasteiger partial charge in [-0.1, -0.05) is 18.2 Å². The van der Waals surface area contributed by atoms with E-state index >= 15 is 0 Å². The van der Waals surface area contributed by atoms with Gasteiger partial charge in [0.15, 0.2) is 5.69 Å². The molecule has 1 amide bonds. The molecule has 0 saturated carbocycles. The van der Waals surface area contributed by atoms with Gasteiger partial charge in [0, 0.05) is 18.5 Å². The summed E-state index contributed by atoms with van der Waals surface area (Å²) in [6, 6.07) is 7.82. The van der Waals surface area contributed by atoms with Crippen molar-refractivity contribution in [3.05, 3.63) is 46.8 Å². The first-order chi connectivity index (χ1) is 11.6. The van der Waals surface area contributed by atoms with Crippen molar-refractivity contribution >= 4 is 5.91 Å². The van der Waals surface area contributed by atoms with Crippen LogP contribution in [0, 0.1) is 0 Å². The van der Waals surface area contributed by atoms with Crippen LogP contribution >= 0.6 is 0 Å². The molecule has 1 aliphatic rings. The molecule has 1 aliphatic heterocycles. The van der Waals surface area contributed by atoms with Gasteiger partial charge in [0.2, 0.25) is 0 Å². The Morgan fingerprint density at radius 2 is 2.21 bits per heavy atom. The maximum atomic E-state index is 12.5. The summed E-state index contributed by atoms with van der Waals surface area (Å²) in [4.78, 5) is 12.5. The van der Waals surface area contributed by atoms with Crippen LogP contribution in [0.5, 0.6) is 5.75 Å². The van der Waals surface area contributed by atoms with E-state index in [0.717, 1.165) is 22.6 Å². The highest BCUT2D eigenvalue weighted by Gasteiger charge is 2.29. The Kier molecular flexibility index (Phi) is 4.85. The van der Waals surface area contributed by atoms with Crippen LogP contribution in [-0.2, 0) is 17.6 Å². The standard InChI is InChI=1S/C18H23N3O3/c1-11-10-14-16(12(2)24-11)20-21-17(14)18(22)19-9-8-13-6-4-5-7-15(13)23-3/h4-7,11-12H,8-10H2,1-3H3,(H,19,22)(H,20,21)/t11-,12+/m0/s1. The molecular weight excluding hydrogens is 306 g/mol. The zero-order valence-corrected chi connectivity index (χ0v) is 14.3. The number of amides is 1. The number of rotatable bonds is 5. The average Bonchev–Trinajstić information content (AvgIpc) is 2.99. The number of carbonyl (C=O) groups excluding carboxylic acids is 1. The number of carbonyl (C=O) groups is 1. The quantitative estimate of drug-likeness (QED) is 0.883. The number of nitrogens with zero attached hydrogens (tertiary/aromatic N) is 1. The maximum absolute atomic E-state index is 12.5. The molecule has 2 N–H and O–H groups in total. The molecule has 2 heterocycles. The van der Waals surface area contributed by atoms with Crippen molar-refractivity contribution in [3.63, 3.8) is 0 Å². The molecule has 128 valence electrons. The highest BCUT2D eigenvalue weighted by molar-refractivity contribution is 5.94. The number of hydrogen-bond donors (Lipinski definition) is 2. The summed E-state index contributed by atoms with van der Waals surface area (Å²) >= 11 is 0. The molecule has 0 spiro atoms. The summed E-state index contributed by atoms with van der Waals surface area (Å²) in [6.45, 7) is 4.51. The lowest BCUT2D eigenvalue weighted by Gasteiger charge is -2.25. The number of hydrogen-bond acceptors (Lipinski definition) is 4. The third-order valence-corrected chi connectivity index (χ3v) is 4.32. The van der Waals surface area contributed by atoms with Crippen molar-refractivity contribution in [1.82, 2.24) is 15.5 Å². The van der Waals surface area contributed by atoms with E-state index in [1.54, 1.807) is 7.11 Å². The fraction of sp³-hybridized carbons (Fsp3) is 0.444. The van der Waals surface area contributed by atoms with E-state index in [9.17, 15) is 4.79 Å². The van der Waals surface area contributed by atoms with Crippen LogP contribution in [0.15, 0.2) is 24.3 Å². The molecule has 6 heteroatoms. The molecule has 0 bridgehead atoms. The summed E-state index contributed by atoms with van der Waals surface area (Å²) in [6.07, 6.45) is 1.43. The van der Waals surface area contributed by atoms with Gasteiger partial charge in [0.1, 0.15) is 5.75 Å². The minimum absolute atomic E-state index is 0.0635. The van der Waals surface area contributed by atoms with E-state index in [2.05, 4.69) is 15.5 Å². The Bertz CT molecular complexity index is 726. The summed E-state index contributed by atoms with van der Waals surface area (Å²) in [5, 5.41) is 10.1. The SMILES string of the molecule is COc1ccccc1CCNC(=O)c1n[nH]c2c1C[C@H](C)O[C@@H]2C. The zero-order chi connectivity index (χ0) is 17.1. The molecule has 3 rings (SSSR count). The molecular formula is C18H23N3O3. The molecule has 1 aromatic carbocycles. The van der Waals surface area contributed by atoms with Gasteiger partial charge in [-0.05, 0) is 31.9 Å². The molecule has 0 aliphatic carbocycles. The van der Waals surface area contributed by atoms with Crippen LogP contribution in [0.2, 0.25) is 0 Å². The molecule has 0 saturated heterocycles. The van der Waals surface area contributed by atoms with Crippen LogP contribution in [0.4, 0.5) is 0 Å². The predicted molar refractivity (Wildman–Crippen MR) is 90.3 cm³/mol. The van der Waals surface area contributed by atoms with E-state index in [-0.39, 0.29) is 18.1 Å². The predicted octanol–water partition coefficient (Wildman–Crippen LogP) is 2.41. The number of aromatic nitrogens is 2. The van der Waals surface area contributed by atoms with Gasteiger partial charge in [-0.25, -0.2) is 0 Å². The minimum atomic E-state index is -0.149. The first kappa shape index (κ1) is 16.5. The normalized spacial score (nSPS) is 19.6. The maximum Gasteiger partial charge on any atom is 0.272 e. The van der Waals surface area contributed by atoms with Crippen molar-refractivity contribution < 1.29 is 14.3 Å². The highest BCUT2D eigenvalue weighted by atomic mass is 16.5. The second-order valence-corrected chi connectivity index (χ2v) is 6.08. The van der Waals surface area contributed by atoms with Crippen LogP contribution in [0.25, 0.3) is 0 Å². The third kappa shape index (κ3) is 3.28. The molecule has 2 aromatic rings. The molecule has 1 aromatic heterocycles. The third-order valence-electron chi connectivity index (χ3n) is 4.32. The number of nitrogens with one attached hydrogen (secondary N) is 2. The van der Waals surface area contributed by atoms with Gasteiger partial charge >= 0.3 is 0 Å². The summed E-state index contributed by atoms with van der Waals surface area (Å²) in [5.74, 6) is 0.687. The number of H-pyrrole nitrogens is 1. The second-order valence-electron chi connectivity index (χ2n) is 6.08. The number of benzene rings is 1. The lowest BCUT2D eigenvalue weighted by molar-refractivity contribution is -0.00697. The van der Waals surface area contributed by atoms with Crippen LogP contribution in [-0.4, -0.2) is 35.9 Å².